The molecule has 1 aliphatic rings. The highest BCUT2D eigenvalue weighted by Gasteiger charge is 2.22. The molecule has 0 aliphatic heterocycles. The zero-order valence-electron chi connectivity index (χ0n) is 12.5. The van der Waals surface area contributed by atoms with Crippen LogP contribution < -0.4 is 11.1 Å². The molecule has 0 spiro atoms. The van der Waals surface area contributed by atoms with Crippen molar-refractivity contribution in [3.05, 3.63) is 24.3 Å². The third kappa shape index (κ3) is 5.36. The van der Waals surface area contributed by atoms with Gasteiger partial charge in [-0.15, -0.1) is 0 Å². The summed E-state index contributed by atoms with van der Waals surface area (Å²) in [6.07, 6.45) is 5.09. The second-order valence-corrected chi connectivity index (χ2v) is 5.44. The summed E-state index contributed by atoms with van der Waals surface area (Å²) in [4.78, 5) is 11.8. The molecule has 2 rings (SSSR count). The number of hydrogen-bond acceptors (Lipinski definition) is 4. The number of carbonyl (C=O) groups is 1. The van der Waals surface area contributed by atoms with Crippen molar-refractivity contribution in [3.63, 3.8) is 0 Å². The topological polar surface area (TPSA) is 73.6 Å². The third-order valence-electron chi connectivity index (χ3n) is 3.79. The maximum absolute atomic E-state index is 11.8. The fourth-order valence-corrected chi connectivity index (χ4v) is 2.58. The normalized spacial score (nSPS) is 22.0. The van der Waals surface area contributed by atoms with Crippen LogP contribution in [0, 0.1) is 0 Å². The number of ether oxygens (including phenoxy) is 2. The van der Waals surface area contributed by atoms with Crippen LogP contribution in [-0.2, 0) is 14.3 Å². The van der Waals surface area contributed by atoms with Gasteiger partial charge in [0, 0.05) is 18.5 Å². The van der Waals surface area contributed by atoms with Crippen molar-refractivity contribution < 1.29 is 14.3 Å². The van der Waals surface area contributed by atoms with Crippen LogP contribution in [0.3, 0.4) is 0 Å². The largest absolute Gasteiger partial charge is 0.399 e. The van der Waals surface area contributed by atoms with Crippen LogP contribution in [0.25, 0.3) is 0 Å². The monoisotopic (exact) mass is 292 g/mol. The number of nitrogens with one attached hydrogen (secondary N) is 1. The molecule has 5 nitrogen and oxygen atoms in total. The van der Waals surface area contributed by atoms with E-state index in [0.29, 0.717) is 24.8 Å². The van der Waals surface area contributed by atoms with E-state index in [2.05, 4.69) is 5.32 Å². The minimum absolute atomic E-state index is 0.0427. The van der Waals surface area contributed by atoms with Crippen LogP contribution in [-0.4, -0.2) is 31.8 Å². The van der Waals surface area contributed by atoms with Gasteiger partial charge in [0.15, 0.2) is 0 Å². The van der Waals surface area contributed by atoms with Crippen molar-refractivity contribution >= 4 is 17.3 Å². The average molecular weight is 292 g/mol. The number of methoxy groups -OCH3 is 1. The molecule has 2 atom stereocenters. The Bertz CT molecular complexity index is 447. The quantitative estimate of drug-likeness (QED) is 0.790. The summed E-state index contributed by atoms with van der Waals surface area (Å²) >= 11 is 0. The van der Waals surface area contributed by atoms with E-state index in [1.165, 1.54) is 0 Å². The Morgan fingerprint density at radius 1 is 1.29 bits per heavy atom. The Morgan fingerprint density at radius 3 is 2.71 bits per heavy atom. The van der Waals surface area contributed by atoms with Crippen LogP contribution in [0.5, 0.6) is 0 Å². The van der Waals surface area contributed by atoms with E-state index in [1.54, 1.807) is 31.4 Å². The van der Waals surface area contributed by atoms with Crippen LogP contribution in [0.1, 0.15) is 32.1 Å². The van der Waals surface area contributed by atoms with Gasteiger partial charge in [-0.25, -0.2) is 0 Å². The summed E-state index contributed by atoms with van der Waals surface area (Å²) in [7, 11) is 1.74. The smallest absolute Gasteiger partial charge is 0.226 e. The van der Waals surface area contributed by atoms with Crippen molar-refractivity contribution in [2.45, 2.75) is 44.3 Å². The molecule has 1 aromatic carbocycles. The van der Waals surface area contributed by atoms with Crippen LogP contribution >= 0.6 is 0 Å². The molecule has 0 heterocycles. The Hall–Kier alpha value is -1.59. The molecule has 2 unspecified atom stereocenters. The van der Waals surface area contributed by atoms with Crippen molar-refractivity contribution in [3.8, 4) is 0 Å². The molecule has 1 saturated carbocycles. The van der Waals surface area contributed by atoms with Gasteiger partial charge in [-0.1, -0.05) is 0 Å². The summed E-state index contributed by atoms with van der Waals surface area (Å²) < 4.78 is 11.1. The van der Waals surface area contributed by atoms with Gasteiger partial charge in [-0.05, 0) is 49.9 Å². The summed E-state index contributed by atoms with van der Waals surface area (Å²) in [5.41, 5.74) is 7.04. The number of hydrogen-bond donors (Lipinski definition) is 2. The van der Waals surface area contributed by atoms with Gasteiger partial charge in [0.25, 0.3) is 0 Å². The van der Waals surface area contributed by atoms with E-state index in [0.717, 1.165) is 31.4 Å². The minimum Gasteiger partial charge on any atom is -0.399 e. The summed E-state index contributed by atoms with van der Waals surface area (Å²) in [6.45, 7) is 0.446. The lowest BCUT2D eigenvalue weighted by Crippen LogP contribution is -2.28. The van der Waals surface area contributed by atoms with Crippen molar-refractivity contribution in [2.24, 2.45) is 0 Å². The van der Waals surface area contributed by atoms with E-state index in [4.69, 9.17) is 15.2 Å². The van der Waals surface area contributed by atoms with Gasteiger partial charge < -0.3 is 20.5 Å². The highest BCUT2D eigenvalue weighted by Crippen LogP contribution is 2.23. The number of anilines is 2. The zero-order chi connectivity index (χ0) is 15.1. The second kappa shape index (κ2) is 8.00. The number of rotatable bonds is 6. The van der Waals surface area contributed by atoms with E-state index in [1.807, 2.05) is 0 Å². The van der Waals surface area contributed by atoms with Crippen LogP contribution in [0.2, 0.25) is 0 Å². The molecule has 3 N–H and O–H groups in total. The molecule has 1 aromatic rings. The van der Waals surface area contributed by atoms with Crippen molar-refractivity contribution in [2.75, 3.05) is 24.8 Å². The molecule has 0 radical (unpaired) electrons. The Morgan fingerprint density at radius 2 is 2.00 bits per heavy atom. The van der Waals surface area contributed by atoms with Gasteiger partial charge in [0.1, 0.15) is 0 Å². The summed E-state index contributed by atoms with van der Waals surface area (Å²) in [5.74, 6) is -0.0427. The lowest BCUT2D eigenvalue weighted by Gasteiger charge is -2.28. The van der Waals surface area contributed by atoms with Crippen LogP contribution in [0.15, 0.2) is 24.3 Å². The highest BCUT2D eigenvalue weighted by molar-refractivity contribution is 5.90. The first-order chi connectivity index (χ1) is 10.2. The first-order valence-corrected chi connectivity index (χ1v) is 7.47. The predicted octanol–water partition coefficient (Wildman–Crippen LogP) is 2.57. The molecular formula is C16H24N2O3. The summed E-state index contributed by atoms with van der Waals surface area (Å²) in [5, 5.41) is 2.83. The van der Waals surface area contributed by atoms with Gasteiger partial charge in [-0.2, -0.15) is 0 Å². The maximum Gasteiger partial charge on any atom is 0.226 e. The van der Waals surface area contributed by atoms with Crippen LogP contribution in [0.4, 0.5) is 11.4 Å². The SMILES string of the molecule is COC1CCCC(OCCC(=O)Nc2ccc(N)cc2)C1. The van der Waals surface area contributed by atoms with E-state index in [-0.39, 0.29) is 12.0 Å². The standard InChI is InChI=1S/C16H24N2O3/c1-20-14-3-2-4-15(11-14)21-10-9-16(19)18-13-7-5-12(17)6-8-13/h5-8,14-15H,2-4,9-11,17H2,1H3,(H,18,19). The molecule has 0 bridgehead atoms. The van der Waals surface area contributed by atoms with Gasteiger partial charge in [0.05, 0.1) is 25.2 Å². The van der Waals surface area contributed by atoms with Gasteiger partial charge in [0.2, 0.25) is 5.91 Å². The Balaban J connectivity index is 1.66. The fourth-order valence-electron chi connectivity index (χ4n) is 2.58. The molecule has 1 amide bonds. The number of carbonyl (C=O) groups excluding carboxylic acids is 1. The number of amides is 1. The van der Waals surface area contributed by atoms with E-state index >= 15 is 0 Å². The number of benzene rings is 1. The molecule has 1 aliphatic carbocycles. The van der Waals surface area contributed by atoms with Gasteiger partial charge >= 0.3 is 0 Å². The molecule has 116 valence electrons. The van der Waals surface area contributed by atoms with E-state index in [9.17, 15) is 4.79 Å². The molecule has 5 heteroatoms. The molecule has 0 saturated heterocycles. The lowest BCUT2D eigenvalue weighted by molar-refractivity contribution is -0.118. The predicted molar refractivity (Wildman–Crippen MR) is 83.1 cm³/mol. The first kappa shape index (κ1) is 15.8. The molecular weight excluding hydrogens is 268 g/mol. The number of nitrogen functional groups attached to an aromatic ring is 1. The van der Waals surface area contributed by atoms with E-state index < -0.39 is 0 Å². The second-order valence-electron chi connectivity index (χ2n) is 5.44. The van der Waals surface area contributed by atoms with Crippen molar-refractivity contribution in [1.82, 2.24) is 0 Å². The molecule has 1 fully saturated rings. The zero-order valence-corrected chi connectivity index (χ0v) is 12.5. The number of nitrogens with two attached hydrogens (primary N) is 1. The lowest BCUT2D eigenvalue weighted by atomic mass is 9.95. The van der Waals surface area contributed by atoms with Gasteiger partial charge in [-0.3, -0.25) is 4.79 Å². The molecule has 0 aromatic heterocycles. The Labute approximate surface area is 125 Å². The Kier molecular flexibility index (Phi) is 6.02. The van der Waals surface area contributed by atoms with Crippen molar-refractivity contribution in [1.29, 1.82) is 0 Å². The third-order valence-corrected chi connectivity index (χ3v) is 3.79. The maximum atomic E-state index is 11.8. The first-order valence-electron chi connectivity index (χ1n) is 7.47. The minimum atomic E-state index is -0.0427. The fraction of sp³-hybridized carbons (Fsp3) is 0.562. The average Bonchev–Trinajstić information content (AvgIpc) is 2.50. The summed E-state index contributed by atoms with van der Waals surface area (Å²) in [6, 6.07) is 7.11. The highest BCUT2D eigenvalue weighted by atomic mass is 16.5. The molecule has 21 heavy (non-hydrogen) atoms.